The fourth-order valence-electron chi connectivity index (χ4n) is 3.53. The van der Waals surface area contributed by atoms with Crippen molar-refractivity contribution in [2.24, 2.45) is 0 Å². The van der Waals surface area contributed by atoms with Crippen molar-refractivity contribution in [3.63, 3.8) is 0 Å². The second-order valence-electron chi connectivity index (χ2n) is 7.28. The van der Waals surface area contributed by atoms with Crippen molar-refractivity contribution >= 4 is 29.6 Å². The van der Waals surface area contributed by atoms with Crippen LogP contribution in [0.1, 0.15) is 52.0 Å². The molecule has 0 bridgehead atoms. The Kier molecular flexibility index (Phi) is 6.03. The Morgan fingerprint density at radius 1 is 1.37 bits per heavy atom. The van der Waals surface area contributed by atoms with Gasteiger partial charge in [-0.25, -0.2) is 4.79 Å². The number of amides is 4. The third-order valence-electron chi connectivity index (χ3n) is 5.01. The zero-order chi connectivity index (χ0) is 19.4. The molecule has 0 radical (unpaired) electrons. The lowest BCUT2D eigenvalue weighted by atomic mass is 9.98. The number of aromatic nitrogens is 3. The average Bonchev–Trinajstić information content (AvgIpc) is 3.33. The van der Waals surface area contributed by atoms with E-state index >= 15 is 0 Å². The molecule has 2 aliphatic rings. The summed E-state index contributed by atoms with van der Waals surface area (Å²) in [5.41, 5.74) is -0.663. The van der Waals surface area contributed by atoms with Gasteiger partial charge in [0, 0.05) is 19.1 Å². The first-order valence-electron chi connectivity index (χ1n) is 9.36. The highest BCUT2D eigenvalue weighted by Crippen LogP contribution is 2.34. The van der Waals surface area contributed by atoms with Gasteiger partial charge in [-0.05, 0) is 33.1 Å². The molecule has 1 saturated carbocycles. The van der Waals surface area contributed by atoms with Crippen molar-refractivity contribution in [1.82, 2.24) is 30.3 Å². The van der Waals surface area contributed by atoms with E-state index in [0.717, 1.165) is 25.7 Å². The highest BCUT2D eigenvalue weighted by Gasteiger charge is 2.51. The average molecular weight is 395 g/mol. The second-order valence-corrected chi connectivity index (χ2v) is 8.23. The predicted octanol–water partition coefficient (Wildman–Crippen LogP) is 1.32. The number of nitrogens with one attached hydrogen (secondary N) is 2. The first-order chi connectivity index (χ1) is 12.9. The van der Waals surface area contributed by atoms with Crippen LogP contribution in [0.25, 0.3) is 0 Å². The number of rotatable bonds is 8. The van der Waals surface area contributed by atoms with Crippen LogP contribution in [0, 0.1) is 0 Å². The molecule has 1 aromatic heterocycles. The molecule has 2 N–H and O–H groups in total. The third-order valence-corrected chi connectivity index (χ3v) is 5.97. The minimum atomic E-state index is -0.663. The Hall–Kier alpha value is -2.10. The summed E-state index contributed by atoms with van der Waals surface area (Å²) >= 11 is 1.34. The highest BCUT2D eigenvalue weighted by atomic mass is 32.2. The molecule has 1 spiro atoms. The maximum absolute atomic E-state index is 12.5. The molecule has 3 rings (SSSR count). The van der Waals surface area contributed by atoms with E-state index in [1.165, 1.54) is 16.7 Å². The van der Waals surface area contributed by atoms with Crippen LogP contribution in [0.2, 0.25) is 0 Å². The summed E-state index contributed by atoms with van der Waals surface area (Å²) in [6.07, 6.45) is 5.58. The maximum atomic E-state index is 12.5. The lowest BCUT2D eigenvalue weighted by Crippen LogP contribution is -2.44. The number of carbonyl (C=O) groups excluding carboxylic acids is 3. The van der Waals surface area contributed by atoms with E-state index in [1.807, 2.05) is 18.4 Å². The summed E-state index contributed by atoms with van der Waals surface area (Å²) in [6.45, 7) is 4.79. The number of urea groups is 1. The second kappa shape index (κ2) is 8.28. The molecule has 148 valence electrons. The molecule has 0 atom stereocenters. The monoisotopic (exact) mass is 394 g/mol. The highest BCUT2D eigenvalue weighted by molar-refractivity contribution is 7.99. The minimum Gasteiger partial charge on any atom is -0.355 e. The van der Waals surface area contributed by atoms with Crippen molar-refractivity contribution in [1.29, 1.82) is 0 Å². The SMILES string of the molecule is CC(C)n1cnnc1SCC(=O)NCCCN1C(=O)NC2(CCCC2)C1=O. The van der Waals surface area contributed by atoms with Gasteiger partial charge >= 0.3 is 6.03 Å². The number of hydrogen-bond acceptors (Lipinski definition) is 6. The number of imide groups is 1. The number of nitrogens with zero attached hydrogens (tertiary/aromatic N) is 4. The van der Waals surface area contributed by atoms with Gasteiger partial charge in [0.2, 0.25) is 5.91 Å². The maximum Gasteiger partial charge on any atom is 0.325 e. The van der Waals surface area contributed by atoms with E-state index in [9.17, 15) is 14.4 Å². The summed E-state index contributed by atoms with van der Waals surface area (Å²) in [5.74, 6) is 0.0279. The quantitative estimate of drug-likeness (QED) is 0.391. The van der Waals surface area contributed by atoms with Crippen LogP contribution in [0.5, 0.6) is 0 Å². The Labute approximate surface area is 162 Å². The van der Waals surface area contributed by atoms with Gasteiger partial charge in [-0.3, -0.25) is 14.5 Å². The molecule has 27 heavy (non-hydrogen) atoms. The van der Waals surface area contributed by atoms with Crippen molar-refractivity contribution < 1.29 is 14.4 Å². The molecule has 4 amide bonds. The van der Waals surface area contributed by atoms with E-state index in [0.29, 0.717) is 24.7 Å². The number of hydrogen-bond donors (Lipinski definition) is 2. The molecular weight excluding hydrogens is 368 g/mol. The Bertz CT molecular complexity index is 713. The first-order valence-corrected chi connectivity index (χ1v) is 10.3. The lowest BCUT2D eigenvalue weighted by molar-refractivity contribution is -0.131. The predicted molar refractivity (Wildman–Crippen MR) is 100 cm³/mol. The normalized spacial score (nSPS) is 18.6. The largest absolute Gasteiger partial charge is 0.355 e. The van der Waals surface area contributed by atoms with E-state index in [1.54, 1.807) is 6.33 Å². The van der Waals surface area contributed by atoms with E-state index in [4.69, 9.17) is 0 Å². The van der Waals surface area contributed by atoms with Crippen LogP contribution >= 0.6 is 11.8 Å². The molecule has 0 unspecified atom stereocenters. The minimum absolute atomic E-state index is 0.109. The Morgan fingerprint density at radius 2 is 2.11 bits per heavy atom. The van der Waals surface area contributed by atoms with Gasteiger partial charge in [-0.2, -0.15) is 0 Å². The number of thioether (sulfide) groups is 1. The molecule has 1 aliphatic heterocycles. The summed E-state index contributed by atoms with van der Waals surface area (Å²) in [6, 6.07) is -0.0744. The van der Waals surface area contributed by atoms with Gasteiger partial charge in [0.15, 0.2) is 5.16 Å². The van der Waals surface area contributed by atoms with Crippen LogP contribution in [-0.2, 0) is 9.59 Å². The summed E-state index contributed by atoms with van der Waals surface area (Å²) in [7, 11) is 0. The van der Waals surface area contributed by atoms with Crippen molar-refractivity contribution in [2.75, 3.05) is 18.8 Å². The molecule has 2 fully saturated rings. The molecular formula is C17H26N6O3S. The zero-order valence-electron chi connectivity index (χ0n) is 15.7. The van der Waals surface area contributed by atoms with Crippen LogP contribution in [0.3, 0.4) is 0 Å². The fraction of sp³-hybridized carbons (Fsp3) is 0.706. The Morgan fingerprint density at radius 3 is 2.81 bits per heavy atom. The van der Waals surface area contributed by atoms with Gasteiger partial charge in [-0.15, -0.1) is 10.2 Å². The molecule has 1 aromatic rings. The number of carbonyl (C=O) groups is 3. The topological polar surface area (TPSA) is 109 Å². The summed E-state index contributed by atoms with van der Waals surface area (Å²) < 4.78 is 1.91. The van der Waals surface area contributed by atoms with Gasteiger partial charge in [0.05, 0.1) is 5.75 Å². The van der Waals surface area contributed by atoms with E-state index in [-0.39, 0.29) is 29.6 Å². The standard InChI is InChI=1S/C17H26N6O3S/c1-12(2)23-11-19-21-16(23)27-10-13(24)18-8-5-9-22-14(25)17(20-15(22)26)6-3-4-7-17/h11-12H,3-10H2,1-2H3,(H,18,24)(H,20,26). The first kappa shape index (κ1) is 19.7. The molecule has 10 heteroatoms. The lowest BCUT2D eigenvalue weighted by Gasteiger charge is -2.20. The van der Waals surface area contributed by atoms with Crippen molar-refractivity contribution in [3.8, 4) is 0 Å². The molecule has 0 aromatic carbocycles. The van der Waals surface area contributed by atoms with Gasteiger partial charge < -0.3 is 15.2 Å². The smallest absolute Gasteiger partial charge is 0.325 e. The summed E-state index contributed by atoms with van der Waals surface area (Å²) in [5, 5.41) is 14.3. The fourth-order valence-corrected chi connectivity index (χ4v) is 4.41. The van der Waals surface area contributed by atoms with Crippen molar-refractivity contribution in [3.05, 3.63) is 6.33 Å². The molecule has 9 nitrogen and oxygen atoms in total. The van der Waals surface area contributed by atoms with Crippen LogP contribution in [0.15, 0.2) is 11.5 Å². The van der Waals surface area contributed by atoms with E-state index < -0.39 is 5.54 Å². The molecule has 1 saturated heterocycles. The third kappa shape index (κ3) is 4.26. The van der Waals surface area contributed by atoms with Gasteiger partial charge in [0.1, 0.15) is 11.9 Å². The summed E-state index contributed by atoms with van der Waals surface area (Å²) in [4.78, 5) is 37.9. The van der Waals surface area contributed by atoms with Gasteiger partial charge in [-0.1, -0.05) is 24.6 Å². The van der Waals surface area contributed by atoms with Gasteiger partial charge in [0.25, 0.3) is 5.91 Å². The zero-order valence-corrected chi connectivity index (χ0v) is 16.5. The molecule has 2 heterocycles. The van der Waals surface area contributed by atoms with Crippen molar-refractivity contribution in [2.45, 2.75) is 62.7 Å². The van der Waals surface area contributed by atoms with Crippen LogP contribution < -0.4 is 10.6 Å². The van der Waals surface area contributed by atoms with Crippen LogP contribution in [0.4, 0.5) is 4.79 Å². The van der Waals surface area contributed by atoms with Crippen LogP contribution in [-0.4, -0.2) is 61.9 Å². The molecule has 1 aliphatic carbocycles. The van der Waals surface area contributed by atoms with E-state index in [2.05, 4.69) is 20.8 Å². The Balaban J connectivity index is 1.37.